The molecular weight excluding hydrogens is 541 g/mol. The Labute approximate surface area is 236 Å². The molecule has 0 spiro atoms. The summed E-state index contributed by atoms with van der Waals surface area (Å²) < 4.78 is 3.59. The number of carbonyl (C=O) groups excluding carboxylic acids is 2. The zero-order valence-electron chi connectivity index (χ0n) is 19.7. The average Bonchev–Trinajstić information content (AvgIpc) is 2.69. The van der Waals surface area contributed by atoms with E-state index in [1.54, 1.807) is 0 Å². The normalized spacial score (nSPS) is 49.0. The summed E-state index contributed by atoms with van der Waals surface area (Å²) in [6, 6.07) is 0. The van der Waals surface area contributed by atoms with Gasteiger partial charge in [0.1, 0.15) is 6.10 Å². The van der Waals surface area contributed by atoms with Crippen LogP contribution in [0.4, 0.5) is 0 Å². The molecule has 8 atom stereocenters. The van der Waals surface area contributed by atoms with E-state index in [9.17, 15) is 9.59 Å². The molecule has 0 N–H and O–H groups in total. The standard InChI is InChI=1S/C25H36O3S6/c1-13(26)28-19-7-11-23(30)17-5-4-14-15(22(17,29)10-6-18(23)25(19,33)34)12-16(27)20-21(14,2)8-3-9-24(20,31)32/h12,14,17-20,29-34H,3-11H2,1-2H3. The molecule has 0 amide bonds. The number of esters is 1. The van der Waals surface area contributed by atoms with Crippen LogP contribution in [-0.4, -0.2) is 35.5 Å². The highest BCUT2D eigenvalue weighted by Gasteiger charge is 2.68. The summed E-state index contributed by atoms with van der Waals surface area (Å²) in [6.45, 7) is 3.74. The molecule has 5 aliphatic carbocycles. The fourth-order valence-electron chi connectivity index (χ4n) is 8.77. The minimum atomic E-state index is -0.757. The van der Waals surface area contributed by atoms with E-state index in [0.29, 0.717) is 12.3 Å². The molecule has 0 aromatic heterocycles. The molecule has 0 heterocycles. The molecule has 8 unspecified atom stereocenters. The van der Waals surface area contributed by atoms with E-state index in [-0.39, 0.29) is 50.5 Å². The lowest BCUT2D eigenvalue weighted by Crippen LogP contribution is -2.67. The first kappa shape index (κ1) is 26.6. The van der Waals surface area contributed by atoms with Crippen LogP contribution >= 0.6 is 75.8 Å². The van der Waals surface area contributed by atoms with Gasteiger partial charge in [0.15, 0.2) is 5.78 Å². The van der Waals surface area contributed by atoms with Gasteiger partial charge in [-0.1, -0.05) is 13.3 Å². The number of carbonyl (C=O) groups is 2. The van der Waals surface area contributed by atoms with E-state index in [1.807, 2.05) is 6.08 Å². The molecule has 5 rings (SSSR count). The number of hydrogen-bond acceptors (Lipinski definition) is 9. The fraction of sp³-hybridized carbons (Fsp3) is 0.840. The molecule has 0 aromatic carbocycles. The molecule has 34 heavy (non-hydrogen) atoms. The summed E-state index contributed by atoms with van der Waals surface area (Å²) in [5, 5.41) is 0. The van der Waals surface area contributed by atoms with Gasteiger partial charge in [0.25, 0.3) is 0 Å². The van der Waals surface area contributed by atoms with Gasteiger partial charge in [0.2, 0.25) is 0 Å². The van der Waals surface area contributed by atoms with Crippen molar-refractivity contribution in [3.05, 3.63) is 11.6 Å². The third kappa shape index (κ3) is 3.66. The van der Waals surface area contributed by atoms with Gasteiger partial charge in [-0.25, -0.2) is 0 Å². The van der Waals surface area contributed by atoms with Crippen LogP contribution in [0.1, 0.15) is 71.6 Å². The molecule has 0 radical (unpaired) electrons. The van der Waals surface area contributed by atoms with Crippen LogP contribution in [0.2, 0.25) is 0 Å². The van der Waals surface area contributed by atoms with E-state index in [4.69, 9.17) is 80.5 Å². The molecule has 0 bridgehead atoms. The van der Waals surface area contributed by atoms with Crippen LogP contribution in [0.15, 0.2) is 11.6 Å². The van der Waals surface area contributed by atoms with E-state index >= 15 is 0 Å². The van der Waals surface area contributed by atoms with Gasteiger partial charge in [0.05, 0.1) is 14.1 Å². The highest BCUT2D eigenvalue weighted by atomic mass is 32.2. The van der Waals surface area contributed by atoms with Crippen molar-refractivity contribution in [2.45, 2.75) is 95.4 Å². The Kier molecular flexibility index (Phi) is 6.64. The Balaban J connectivity index is 1.53. The monoisotopic (exact) mass is 576 g/mol. The summed E-state index contributed by atoms with van der Waals surface area (Å²) in [7, 11) is 0. The summed E-state index contributed by atoms with van der Waals surface area (Å²) >= 11 is 30.5. The summed E-state index contributed by atoms with van der Waals surface area (Å²) in [5.74, 6) is 0.263. The molecule has 0 saturated heterocycles. The number of allylic oxidation sites excluding steroid dienone is 1. The predicted octanol–water partition coefficient (Wildman–Crippen LogP) is 5.91. The lowest BCUT2D eigenvalue weighted by molar-refractivity contribution is -0.150. The van der Waals surface area contributed by atoms with Crippen LogP contribution in [0, 0.1) is 29.1 Å². The second-order valence-electron chi connectivity index (χ2n) is 11.8. The Bertz CT molecular complexity index is 949. The van der Waals surface area contributed by atoms with Gasteiger partial charge in [-0.15, -0.1) is 0 Å². The number of fused-ring (bicyclic) bond motifs is 7. The van der Waals surface area contributed by atoms with Crippen molar-refractivity contribution in [1.29, 1.82) is 0 Å². The third-order valence-electron chi connectivity index (χ3n) is 10.1. The van der Waals surface area contributed by atoms with E-state index in [1.165, 1.54) is 12.5 Å². The SMILES string of the molecule is CC(=O)OC1CCC2(S)C3CCC4C(=CC(=O)C5C(S)(S)CCCC45C)C3(S)CCC2C1(S)S. The Hall–Kier alpha value is 0.980. The molecular formula is C25H36O3S6. The van der Waals surface area contributed by atoms with Crippen molar-refractivity contribution in [3.63, 3.8) is 0 Å². The maximum absolute atomic E-state index is 13.6. The number of hydrogen-bond donors (Lipinski definition) is 6. The van der Waals surface area contributed by atoms with Crippen LogP contribution in [0.5, 0.6) is 0 Å². The zero-order chi connectivity index (χ0) is 24.9. The molecule has 5 aliphatic rings. The van der Waals surface area contributed by atoms with Gasteiger partial charge in [0, 0.05) is 22.3 Å². The second kappa shape index (κ2) is 8.49. The largest absolute Gasteiger partial charge is 0.460 e. The molecule has 0 aromatic rings. The maximum atomic E-state index is 13.6. The fourth-order valence-corrected chi connectivity index (χ4v) is 12.8. The Morgan fingerprint density at radius 2 is 1.65 bits per heavy atom. The zero-order valence-corrected chi connectivity index (χ0v) is 25.1. The van der Waals surface area contributed by atoms with Crippen LogP contribution in [-0.2, 0) is 14.3 Å². The lowest BCUT2D eigenvalue weighted by Gasteiger charge is -2.67. The van der Waals surface area contributed by atoms with Gasteiger partial charge in [-0.2, -0.15) is 75.8 Å². The molecule has 4 fully saturated rings. The third-order valence-corrected chi connectivity index (χ3v) is 13.9. The molecule has 190 valence electrons. The van der Waals surface area contributed by atoms with Crippen molar-refractivity contribution in [1.82, 2.24) is 0 Å². The van der Waals surface area contributed by atoms with Crippen molar-refractivity contribution in [3.8, 4) is 0 Å². The van der Waals surface area contributed by atoms with Crippen LogP contribution in [0.25, 0.3) is 0 Å². The topological polar surface area (TPSA) is 43.4 Å². The van der Waals surface area contributed by atoms with Crippen molar-refractivity contribution < 1.29 is 14.3 Å². The Morgan fingerprint density at radius 3 is 2.32 bits per heavy atom. The van der Waals surface area contributed by atoms with Gasteiger partial charge < -0.3 is 4.74 Å². The summed E-state index contributed by atoms with van der Waals surface area (Å²) in [6.07, 6.45) is 9.69. The van der Waals surface area contributed by atoms with Crippen molar-refractivity contribution >= 4 is 87.5 Å². The number of ketones is 1. The van der Waals surface area contributed by atoms with Gasteiger partial charge in [-0.3, -0.25) is 9.59 Å². The number of ether oxygens (including phenoxy) is 1. The first-order valence-corrected chi connectivity index (χ1v) is 15.1. The highest BCUT2D eigenvalue weighted by molar-refractivity contribution is 8.01. The smallest absolute Gasteiger partial charge is 0.302 e. The quantitative estimate of drug-likeness (QED) is 0.134. The minimum absolute atomic E-state index is 0.0652. The van der Waals surface area contributed by atoms with E-state index in [2.05, 4.69) is 6.92 Å². The first-order chi connectivity index (χ1) is 15.7. The number of thiol groups is 6. The van der Waals surface area contributed by atoms with Crippen molar-refractivity contribution in [2.24, 2.45) is 29.1 Å². The molecule has 4 saturated carbocycles. The average molecular weight is 577 g/mol. The highest BCUT2D eigenvalue weighted by Crippen LogP contribution is 2.70. The van der Waals surface area contributed by atoms with E-state index < -0.39 is 8.16 Å². The summed E-state index contributed by atoms with van der Waals surface area (Å²) in [5.41, 5.74) is 1.07. The minimum Gasteiger partial charge on any atom is -0.460 e. The van der Waals surface area contributed by atoms with Gasteiger partial charge in [-0.05, 0) is 80.3 Å². The Morgan fingerprint density at radius 1 is 0.941 bits per heavy atom. The van der Waals surface area contributed by atoms with Crippen LogP contribution < -0.4 is 0 Å². The molecule has 3 nitrogen and oxygen atoms in total. The predicted molar refractivity (Wildman–Crippen MR) is 157 cm³/mol. The lowest BCUT2D eigenvalue weighted by atomic mass is 9.46. The summed E-state index contributed by atoms with van der Waals surface area (Å²) in [4.78, 5) is 25.4. The molecule has 0 aliphatic heterocycles. The maximum Gasteiger partial charge on any atom is 0.302 e. The first-order valence-electron chi connectivity index (χ1n) is 12.5. The van der Waals surface area contributed by atoms with Crippen LogP contribution in [0.3, 0.4) is 0 Å². The van der Waals surface area contributed by atoms with Crippen molar-refractivity contribution in [2.75, 3.05) is 0 Å². The second-order valence-corrected chi connectivity index (χ2v) is 17.2. The number of rotatable bonds is 1. The van der Waals surface area contributed by atoms with Gasteiger partial charge >= 0.3 is 5.97 Å². The van der Waals surface area contributed by atoms with E-state index in [0.717, 1.165) is 51.4 Å². The molecule has 9 heteroatoms.